The third-order valence-electron chi connectivity index (χ3n) is 5.28. The largest absolute Gasteiger partial charge is 0.478 e. The van der Waals surface area contributed by atoms with Crippen molar-refractivity contribution in [2.45, 2.75) is 43.9 Å². The van der Waals surface area contributed by atoms with E-state index < -0.39 is 66.5 Å². The second-order valence-electron chi connectivity index (χ2n) is 8.11. The number of rotatable bonds is 9. The Kier molecular flexibility index (Phi) is 8.89. The van der Waals surface area contributed by atoms with Crippen LogP contribution in [0.1, 0.15) is 6.92 Å². The molecule has 0 saturated heterocycles. The molecular formula is C22H27N7O8. The highest BCUT2D eigenvalue weighted by Crippen LogP contribution is 2.25. The fraction of sp³-hybridized carbons (Fsp3) is 0.364. The molecule has 3 rings (SSSR count). The number of nitrogens with two attached hydrogens (primary N) is 1. The molecule has 1 unspecified atom stereocenters. The van der Waals surface area contributed by atoms with Gasteiger partial charge in [0.25, 0.3) is 0 Å². The maximum absolute atomic E-state index is 12.5. The van der Waals surface area contributed by atoms with Crippen molar-refractivity contribution in [3.05, 3.63) is 48.4 Å². The summed E-state index contributed by atoms with van der Waals surface area (Å²) in [7, 11) is 0. The van der Waals surface area contributed by atoms with Gasteiger partial charge in [0, 0.05) is 12.5 Å². The number of aromatic nitrogens is 3. The number of carboxylic acids is 1. The van der Waals surface area contributed by atoms with Gasteiger partial charge in [-0.1, -0.05) is 35.5 Å². The van der Waals surface area contributed by atoms with Crippen LogP contribution in [0.2, 0.25) is 0 Å². The number of ether oxygens (including phenoxy) is 1. The van der Waals surface area contributed by atoms with Crippen molar-refractivity contribution in [2.75, 3.05) is 6.61 Å². The van der Waals surface area contributed by atoms with Gasteiger partial charge in [-0.3, -0.25) is 14.9 Å². The van der Waals surface area contributed by atoms with Gasteiger partial charge in [0.1, 0.15) is 30.6 Å². The Hall–Kier alpha value is -4.34. The highest BCUT2D eigenvalue weighted by atomic mass is 16.5. The van der Waals surface area contributed by atoms with E-state index in [0.717, 1.165) is 18.6 Å². The SMILES string of the molecule is CC(=O)N[C@H]1C([C@H](O)[C@H](O)CO)OC(C(=O)O)=C[C@@H]1N=C(N)NC(=O)Cn1cc(-c2ccccc2)nn1. The zero-order chi connectivity index (χ0) is 27.1. The minimum atomic E-state index is -1.80. The lowest BCUT2D eigenvalue weighted by molar-refractivity contribution is -0.145. The van der Waals surface area contributed by atoms with Crippen LogP contribution in [0.4, 0.5) is 0 Å². The lowest BCUT2D eigenvalue weighted by Gasteiger charge is -2.38. The molecule has 15 nitrogen and oxygen atoms in total. The summed E-state index contributed by atoms with van der Waals surface area (Å²) in [6, 6.07) is 6.75. The number of aliphatic imine (C=N–C) groups is 1. The molecule has 1 aromatic carbocycles. The maximum atomic E-state index is 12.5. The minimum Gasteiger partial charge on any atom is -0.478 e. The molecule has 2 heterocycles. The molecule has 2 aromatic rings. The molecule has 5 atom stereocenters. The first-order valence-corrected chi connectivity index (χ1v) is 11.0. The van der Waals surface area contributed by atoms with Crippen molar-refractivity contribution >= 4 is 23.7 Å². The second kappa shape index (κ2) is 12.1. The number of carboxylic acid groups (broad SMARTS) is 1. The van der Waals surface area contributed by atoms with Crippen molar-refractivity contribution in [1.29, 1.82) is 0 Å². The summed E-state index contributed by atoms with van der Waals surface area (Å²) in [5.74, 6) is -3.78. The van der Waals surface area contributed by atoms with Crippen molar-refractivity contribution in [2.24, 2.45) is 10.7 Å². The number of hydrogen-bond acceptors (Lipinski definition) is 10. The van der Waals surface area contributed by atoms with E-state index >= 15 is 0 Å². The van der Waals surface area contributed by atoms with Crippen LogP contribution in [0.5, 0.6) is 0 Å². The molecule has 198 valence electrons. The summed E-state index contributed by atoms with van der Waals surface area (Å²) in [5.41, 5.74) is 7.23. The molecule has 37 heavy (non-hydrogen) atoms. The number of aliphatic hydroxyl groups is 3. The second-order valence-corrected chi connectivity index (χ2v) is 8.11. The number of benzene rings is 1. The molecular weight excluding hydrogens is 490 g/mol. The van der Waals surface area contributed by atoms with Gasteiger partial charge >= 0.3 is 5.97 Å². The van der Waals surface area contributed by atoms with E-state index in [1.165, 1.54) is 4.68 Å². The fourth-order valence-corrected chi connectivity index (χ4v) is 3.60. The van der Waals surface area contributed by atoms with Crippen molar-refractivity contribution in [3.63, 3.8) is 0 Å². The molecule has 15 heteroatoms. The van der Waals surface area contributed by atoms with E-state index in [-0.39, 0.29) is 6.54 Å². The van der Waals surface area contributed by atoms with E-state index in [4.69, 9.17) is 10.5 Å². The molecule has 1 aromatic heterocycles. The van der Waals surface area contributed by atoms with Crippen LogP contribution in [0.15, 0.2) is 53.4 Å². The van der Waals surface area contributed by atoms with Gasteiger partial charge in [-0.15, -0.1) is 5.10 Å². The first kappa shape index (κ1) is 27.3. The van der Waals surface area contributed by atoms with Gasteiger partial charge in [0.2, 0.25) is 17.6 Å². The molecule has 1 aliphatic heterocycles. The monoisotopic (exact) mass is 517 g/mol. The Morgan fingerprint density at radius 2 is 1.95 bits per heavy atom. The Morgan fingerprint density at radius 3 is 2.57 bits per heavy atom. The number of carbonyl (C=O) groups excluding carboxylic acids is 2. The first-order valence-electron chi connectivity index (χ1n) is 11.0. The number of amides is 2. The van der Waals surface area contributed by atoms with Crippen LogP contribution in [0.25, 0.3) is 11.3 Å². The molecule has 0 radical (unpaired) electrons. The van der Waals surface area contributed by atoms with Gasteiger partial charge in [-0.25, -0.2) is 14.5 Å². The average Bonchev–Trinajstić information content (AvgIpc) is 3.32. The molecule has 0 fully saturated rings. The van der Waals surface area contributed by atoms with Crippen LogP contribution in [0, 0.1) is 0 Å². The van der Waals surface area contributed by atoms with E-state index in [0.29, 0.717) is 5.69 Å². The van der Waals surface area contributed by atoms with E-state index in [1.54, 1.807) is 6.20 Å². The Bertz CT molecular complexity index is 1180. The van der Waals surface area contributed by atoms with Crippen molar-refractivity contribution < 1.29 is 39.5 Å². The summed E-state index contributed by atoms with van der Waals surface area (Å²) in [5, 5.41) is 51.6. The fourth-order valence-electron chi connectivity index (χ4n) is 3.60. The predicted octanol–water partition coefficient (Wildman–Crippen LogP) is -2.67. The number of hydrogen-bond donors (Lipinski definition) is 7. The highest BCUT2D eigenvalue weighted by molar-refractivity contribution is 5.96. The van der Waals surface area contributed by atoms with Gasteiger partial charge < -0.3 is 36.2 Å². The van der Waals surface area contributed by atoms with Crippen LogP contribution < -0.4 is 16.4 Å². The van der Waals surface area contributed by atoms with Gasteiger partial charge in [0.05, 0.1) is 24.9 Å². The number of aliphatic hydroxyl groups excluding tert-OH is 3. The van der Waals surface area contributed by atoms with Crippen LogP contribution in [0.3, 0.4) is 0 Å². The quantitative estimate of drug-likeness (QED) is 0.134. The summed E-state index contributed by atoms with van der Waals surface area (Å²) >= 11 is 0. The molecule has 0 aliphatic carbocycles. The van der Waals surface area contributed by atoms with E-state index in [9.17, 15) is 34.8 Å². The van der Waals surface area contributed by atoms with E-state index in [2.05, 4.69) is 25.9 Å². The van der Waals surface area contributed by atoms with Gasteiger partial charge in [-0.2, -0.15) is 0 Å². The Morgan fingerprint density at radius 1 is 1.24 bits per heavy atom. The number of carbonyl (C=O) groups is 3. The van der Waals surface area contributed by atoms with Gasteiger partial charge in [-0.05, 0) is 6.08 Å². The topological polar surface area (TPSA) is 235 Å². The average molecular weight is 517 g/mol. The molecule has 0 spiro atoms. The number of nitrogens with zero attached hydrogens (tertiary/aromatic N) is 4. The summed E-state index contributed by atoms with van der Waals surface area (Å²) in [6.45, 7) is 0.0373. The lowest BCUT2D eigenvalue weighted by Crippen LogP contribution is -2.60. The molecule has 1 aliphatic rings. The summed E-state index contributed by atoms with van der Waals surface area (Å²) in [4.78, 5) is 39.9. The van der Waals surface area contributed by atoms with E-state index in [1.807, 2.05) is 30.3 Å². The standard InChI is InChI=1S/C22H27N7O8/c1-11(31)24-18-13(7-16(21(35)36)37-20(18)19(34)15(32)10-30)25-22(23)26-17(33)9-29-8-14(27-28-29)12-5-3-2-4-6-12/h2-8,13,15,18-20,30,32,34H,9-10H2,1H3,(H,24,31)(H,35,36)(H3,23,25,26,33)/t13-,15+,18+,19+,20?/m0/s1. The highest BCUT2D eigenvalue weighted by Gasteiger charge is 2.43. The molecule has 2 amide bonds. The molecule has 8 N–H and O–H groups in total. The normalized spacial score (nSPS) is 21.2. The first-order chi connectivity index (χ1) is 17.6. The van der Waals surface area contributed by atoms with Crippen LogP contribution >= 0.6 is 0 Å². The number of nitrogens with one attached hydrogen (secondary N) is 2. The maximum Gasteiger partial charge on any atom is 0.370 e. The minimum absolute atomic E-state index is 0.265. The number of guanidine groups is 1. The van der Waals surface area contributed by atoms with Crippen LogP contribution in [-0.2, 0) is 25.7 Å². The smallest absolute Gasteiger partial charge is 0.370 e. The van der Waals surface area contributed by atoms with Gasteiger partial charge in [0.15, 0.2) is 5.96 Å². The number of aliphatic carboxylic acids is 1. The third kappa shape index (κ3) is 7.09. The molecule has 0 bridgehead atoms. The Balaban J connectivity index is 1.78. The van der Waals surface area contributed by atoms with Crippen molar-refractivity contribution in [3.8, 4) is 11.3 Å². The van der Waals surface area contributed by atoms with Crippen LogP contribution in [-0.4, -0.2) is 96.2 Å². The predicted molar refractivity (Wildman–Crippen MR) is 126 cm³/mol. The van der Waals surface area contributed by atoms with Crippen molar-refractivity contribution in [1.82, 2.24) is 25.6 Å². The summed E-state index contributed by atoms with van der Waals surface area (Å²) in [6.07, 6.45) is -2.44. The summed E-state index contributed by atoms with van der Waals surface area (Å²) < 4.78 is 6.55. The third-order valence-corrected chi connectivity index (χ3v) is 5.28. The Labute approximate surface area is 210 Å². The zero-order valence-corrected chi connectivity index (χ0v) is 19.6. The lowest BCUT2D eigenvalue weighted by atomic mass is 9.92. The molecule has 0 saturated carbocycles. The zero-order valence-electron chi connectivity index (χ0n) is 19.6.